The summed E-state index contributed by atoms with van der Waals surface area (Å²) in [5, 5.41) is 14.9. The lowest BCUT2D eigenvalue weighted by molar-refractivity contribution is -0.129. The Balaban J connectivity index is 1.61. The number of likely N-dealkylation sites (tertiary alicyclic amines) is 1. The van der Waals surface area contributed by atoms with Gasteiger partial charge in [-0.05, 0) is 43.7 Å². The fraction of sp³-hybridized carbons (Fsp3) is 0.538. The van der Waals surface area contributed by atoms with E-state index in [2.05, 4.69) is 34.4 Å². The molecule has 3 amide bonds. The zero-order valence-electron chi connectivity index (χ0n) is 22.1. The highest BCUT2D eigenvalue weighted by Crippen LogP contribution is 2.32. The molecule has 0 saturated carbocycles. The molecule has 2 saturated heterocycles. The summed E-state index contributed by atoms with van der Waals surface area (Å²) in [6, 6.07) is 3.68. The summed E-state index contributed by atoms with van der Waals surface area (Å²) in [6.07, 6.45) is 3.52. The minimum absolute atomic E-state index is 0.0898. The van der Waals surface area contributed by atoms with Gasteiger partial charge in [0.15, 0.2) is 0 Å². The Morgan fingerprint density at radius 3 is 2.47 bits per heavy atom. The van der Waals surface area contributed by atoms with Gasteiger partial charge < -0.3 is 31.3 Å². The predicted molar refractivity (Wildman–Crippen MR) is 143 cm³/mol. The number of anilines is 3. The number of nitrogens with zero attached hydrogens (tertiary/aromatic N) is 5. The van der Waals surface area contributed by atoms with Crippen molar-refractivity contribution >= 4 is 35.4 Å². The summed E-state index contributed by atoms with van der Waals surface area (Å²) in [5.41, 5.74) is 8.39. The van der Waals surface area contributed by atoms with Gasteiger partial charge in [-0.1, -0.05) is 13.8 Å². The van der Waals surface area contributed by atoms with Gasteiger partial charge in [-0.25, -0.2) is 9.78 Å². The second-order valence-electron chi connectivity index (χ2n) is 10.3. The molecular formula is C26H36N8O4. The number of primary amides is 1. The number of carbonyl (C=O) groups excluding carboxylic acids is 2. The second kappa shape index (κ2) is 11.6. The summed E-state index contributed by atoms with van der Waals surface area (Å²) < 4.78 is 0. The maximum absolute atomic E-state index is 12.2. The van der Waals surface area contributed by atoms with E-state index in [4.69, 9.17) is 15.8 Å². The van der Waals surface area contributed by atoms with Crippen LogP contribution in [0.4, 0.5) is 22.2 Å². The van der Waals surface area contributed by atoms with Crippen LogP contribution in [0.2, 0.25) is 0 Å². The zero-order chi connectivity index (χ0) is 27.4. The average Bonchev–Trinajstić information content (AvgIpc) is 2.88. The van der Waals surface area contributed by atoms with Gasteiger partial charge in [0.2, 0.25) is 11.9 Å². The van der Waals surface area contributed by atoms with Gasteiger partial charge in [0.05, 0.1) is 0 Å². The maximum Gasteiger partial charge on any atom is 0.404 e. The Kier molecular flexibility index (Phi) is 8.28. The van der Waals surface area contributed by atoms with Crippen LogP contribution in [0, 0.1) is 0 Å². The van der Waals surface area contributed by atoms with Crippen molar-refractivity contribution in [1.82, 2.24) is 25.2 Å². The van der Waals surface area contributed by atoms with Crippen LogP contribution < -0.4 is 21.3 Å². The SMILES string of the molecule is CC(=O)N1CCC(c2cc(Nc3nc(N4CCC[C@H](NC(=O)O)C4)ncc3C(N)=O)cc(C(C)C)n2)CC1. The van der Waals surface area contributed by atoms with Crippen molar-refractivity contribution in [1.29, 1.82) is 0 Å². The van der Waals surface area contributed by atoms with E-state index in [9.17, 15) is 14.4 Å². The van der Waals surface area contributed by atoms with Crippen molar-refractivity contribution in [3.8, 4) is 0 Å². The van der Waals surface area contributed by atoms with E-state index < -0.39 is 12.0 Å². The fourth-order valence-electron chi connectivity index (χ4n) is 5.03. The highest BCUT2D eigenvalue weighted by molar-refractivity contribution is 5.98. The van der Waals surface area contributed by atoms with Gasteiger partial charge in [-0.2, -0.15) is 4.98 Å². The Labute approximate surface area is 222 Å². The minimum atomic E-state index is -1.06. The molecule has 0 radical (unpaired) electrons. The highest BCUT2D eigenvalue weighted by Gasteiger charge is 2.26. The van der Waals surface area contributed by atoms with Crippen LogP contribution in [0.15, 0.2) is 18.3 Å². The number of rotatable bonds is 7. The number of carboxylic acid groups (broad SMARTS) is 1. The van der Waals surface area contributed by atoms with Crippen LogP contribution in [0.25, 0.3) is 0 Å². The fourth-order valence-corrected chi connectivity index (χ4v) is 5.03. The lowest BCUT2D eigenvalue weighted by Crippen LogP contribution is -2.48. The van der Waals surface area contributed by atoms with E-state index in [0.717, 1.165) is 42.8 Å². The molecule has 0 bridgehead atoms. The number of nitrogens with one attached hydrogen (secondary N) is 2. The normalized spacial score (nSPS) is 18.4. The lowest BCUT2D eigenvalue weighted by atomic mass is 9.92. The maximum atomic E-state index is 12.2. The van der Waals surface area contributed by atoms with Gasteiger partial charge in [-0.15, -0.1) is 0 Å². The first-order valence-electron chi connectivity index (χ1n) is 13.1. The highest BCUT2D eigenvalue weighted by atomic mass is 16.4. The van der Waals surface area contributed by atoms with Crippen molar-refractivity contribution in [2.45, 2.75) is 64.3 Å². The van der Waals surface area contributed by atoms with Crippen LogP contribution >= 0.6 is 0 Å². The van der Waals surface area contributed by atoms with Gasteiger partial charge in [0.25, 0.3) is 5.91 Å². The van der Waals surface area contributed by atoms with Gasteiger partial charge in [-0.3, -0.25) is 14.6 Å². The zero-order valence-corrected chi connectivity index (χ0v) is 22.1. The van der Waals surface area contributed by atoms with Crippen LogP contribution in [-0.4, -0.2) is 75.1 Å². The number of nitrogens with two attached hydrogens (primary N) is 1. The third-order valence-corrected chi connectivity index (χ3v) is 7.15. The molecule has 2 fully saturated rings. The van der Waals surface area contributed by atoms with Crippen molar-refractivity contribution < 1.29 is 19.5 Å². The first-order chi connectivity index (χ1) is 18.1. The number of piperidine rings is 2. The smallest absolute Gasteiger partial charge is 0.404 e. The second-order valence-corrected chi connectivity index (χ2v) is 10.3. The largest absolute Gasteiger partial charge is 0.465 e. The van der Waals surface area contributed by atoms with E-state index in [1.807, 2.05) is 21.9 Å². The molecule has 1 atom stereocenters. The molecule has 2 aromatic heterocycles. The van der Waals surface area contributed by atoms with Gasteiger partial charge >= 0.3 is 6.09 Å². The van der Waals surface area contributed by atoms with Gasteiger partial charge in [0.1, 0.15) is 11.4 Å². The summed E-state index contributed by atoms with van der Waals surface area (Å²) in [4.78, 5) is 52.7. The lowest BCUT2D eigenvalue weighted by Gasteiger charge is -2.32. The number of hydrogen-bond acceptors (Lipinski definition) is 8. The van der Waals surface area contributed by atoms with Crippen LogP contribution in [0.5, 0.6) is 0 Å². The molecule has 2 aliphatic rings. The molecule has 204 valence electrons. The third-order valence-electron chi connectivity index (χ3n) is 7.15. The van der Waals surface area contributed by atoms with Gasteiger partial charge in [0, 0.05) is 68.3 Å². The quantitative estimate of drug-likeness (QED) is 0.426. The molecule has 2 aromatic rings. The van der Waals surface area contributed by atoms with E-state index >= 15 is 0 Å². The van der Waals surface area contributed by atoms with Crippen molar-refractivity contribution in [2.75, 3.05) is 36.4 Å². The monoisotopic (exact) mass is 524 g/mol. The van der Waals surface area contributed by atoms with E-state index in [1.54, 1.807) is 6.92 Å². The molecule has 0 aliphatic carbocycles. The number of hydrogen-bond donors (Lipinski definition) is 4. The molecule has 0 spiro atoms. The molecule has 2 aliphatic heterocycles. The minimum Gasteiger partial charge on any atom is -0.465 e. The Bertz CT molecular complexity index is 1200. The number of aromatic nitrogens is 3. The molecule has 38 heavy (non-hydrogen) atoms. The summed E-state index contributed by atoms with van der Waals surface area (Å²) >= 11 is 0. The molecule has 0 aromatic carbocycles. The van der Waals surface area contributed by atoms with Crippen molar-refractivity contribution in [2.24, 2.45) is 5.73 Å². The summed E-state index contributed by atoms with van der Waals surface area (Å²) in [7, 11) is 0. The summed E-state index contributed by atoms with van der Waals surface area (Å²) in [5.74, 6) is 0.508. The van der Waals surface area contributed by atoms with Crippen LogP contribution in [0.1, 0.15) is 80.0 Å². The molecule has 5 N–H and O–H groups in total. The molecule has 4 rings (SSSR count). The van der Waals surface area contributed by atoms with Crippen LogP contribution in [0.3, 0.4) is 0 Å². The molecule has 12 nitrogen and oxygen atoms in total. The average molecular weight is 525 g/mol. The predicted octanol–water partition coefficient (Wildman–Crippen LogP) is 2.80. The Morgan fingerprint density at radius 2 is 1.84 bits per heavy atom. The van der Waals surface area contributed by atoms with Crippen LogP contribution in [-0.2, 0) is 4.79 Å². The third kappa shape index (κ3) is 6.48. The molecule has 4 heterocycles. The standard InChI is InChI=1S/C26H36N8O4/c1-15(2)21-11-19(12-22(31-21)17-6-9-33(10-7-17)16(3)35)29-24-20(23(27)36)13-28-25(32-24)34-8-4-5-18(14-34)30-26(37)38/h11-13,15,17-18,30H,4-10,14H2,1-3H3,(H2,27,36)(H,37,38)(H,28,29,31,32)/t18-/m0/s1. The Morgan fingerprint density at radius 1 is 1.11 bits per heavy atom. The topological polar surface area (TPSA) is 167 Å². The first-order valence-corrected chi connectivity index (χ1v) is 13.1. The molecule has 0 unspecified atom stereocenters. The molecule has 12 heteroatoms. The number of pyridine rings is 1. The number of carbonyl (C=O) groups is 3. The van der Waals surface area contributed by atoms with Crippen molar-refractivity contribution in [3.63, 3.8) is 0 Å². The molecular weight excluding hydrogens is 488 g/mol. The first kappa shape index (κ1) is 27.1. The number of amides is 3. The Hall–Kier alpha value is -3.96. The summed E-state index contributed by atoms with van der Waals surface area (Å²) in [6.45, 7) is 8.24. The van der Waals surface area contributed by atoms with E-state index in [0.29, 0.717) is 32.1 Å². The van der Waals surface area contributed by atoms with Crippen molar-refractivity contribution in [3.05, 3.63) is 35.3 Å². The van der Waals surface area contributed by atoms with E-state index in [-0.39, 0.29) is 35.2 Å². The van der Waals surface area contributed by atoms with E-state index in [1.165, 1.54) is 6.20 Å².